The van der Waals surface area contributed by atoms with Gasteiger partial charge in [0.15, 0.2) is 0 Å². The van der Waals surface area contributed by atoms with Crippen molar-refractivity contribution in [3.05, 3.63) is 52.5 Å². The molecular weight excluding hydrogens is 538 g/mol. The molecule has 0 aliphatic carbocycles. The highest BCUT2D eigenvalue weighted by Gasteiger charge is 2.31. The number of ether oxygens (including phenoxy) is 2. The standard InChI is InChI=1S/C24H32BrN3O6S/c1-16(2)26-24(30)17(3)27(14-18-8-7-9-19(25)12-18)23(29)15-28(35(6,31)32)21-11-10-20(33-4)13-22(21)34-5/h7-13,16-17H,14-15H2,1-6H3,(H,26,30)/t17-/m1/s1. The highest BCUT2D eigenvalue weighted by Crippen LogP contribution is 2.33. The predicted molar refractivity (Wildman–Crippen MR) is 139 cm³/mol. The van der Waals surface area contributed by atoms with Crippen LogP contribution in [-0.2, 0) is 26.2 Å². The van der Waals surface area contributed by atoms with E-state index in [0.29, 0.717) is 5.75 Å². The maximum Gasteiger partial charge on any atom is 0.244 e. The lowest BCUT2D eigenvalue weighted by Gasteiger charge is -2.32. The van der Waals surface area contributed by atoms with Gasteiger partial charge in [-0.3, -0.25) is 13.9 Å². The number of hydrogen-bond donors (Lipinski definition) is 1. The quantitative estimate of drug-likeness (QED) is 0.445. The average molecular weight is 571 g/mol. The third kappa shape index (κ3) is 7.86. The number of hydrogen-bond acceptors (Lipinski definition) is 6. The van der Waals surface area contributed by atoms with Gasteiger partial charge in [-0.05, 0) is 50.6 Å². The van der Waals surface area contributed by atoms with Crippen LogP contribution in [0.2, 0.25) is 0 Å². The van der Waals surface area contributed by atoms with Crippen LogP contribution in [-0.4, -0.2) is 64.2 Å². The summed E-state index contributed by atoms with van der Waals surface area (Å²) in [6, 6.07) is 11.0. The third-order valence-corrected chi connectivity index (χ3v) is 6.79. The molecule has 9 nitrogen and oxygen atoms in total. The first-order valence-corrected chi connectivity index (χ1v) is 13.6. The molecule has 11 heteroatoms. The Balaban J connectivity index is 2.46. The smallest absolute Gasteiger partial charge is 0.244 e. The summed E-state index contributed by atoms with van der Waals surface area (Å²) in [7, 11) is -1.00. The first kappa shape index (κ1) is 28.4. The Labute approximate surface area is 215 Å². The molecule has 0 bridgehead atoms. The van der Waals surface area contributed by atoms with Crippen molar-refractivity contribution in [2.75, 3.05) is 31.3 Å². The van der Waals surface area contributed by atoms with Gasteiger partial charge < -0.3 is 19.7 Å². The van der Waals surface area contributed by atoms with Crippen molar-refractivity contribution in [2.45, 2.75) is 39.4 Å². The number of amides is 2. The van der Waals surface area contributed by atoms with E-state index < -0.39 is 28.5 Å². The van der Waals surface area contributed by atoms with Gasteiger partial charge in [0, 0.05) is 23.1 Å². The van der Waals surface area contributed by atoms with E-state index in [1.807, 2.05) is 38.1 Å². The third-order valence-electron chi connectivity index (χ3n) is 5.17. The molecule has 0 radical (unpaired) electrons. The van der Waals surface area contributed by atoms with Crippen molar-refractivity contribution in [1.82, 2.24) is 10.2 Å². The van der Waals surface area contributed by atoms with Crippen LogP contribution >= 0.6 is 15.9 Å². The maximum absolute atomic E-state index is 13.6. The van der Waals surface area contributed by atoms with Crippen LogP contribution in [0.3, 0.4) is 0 Å². The summed E-state index contributed by atoms with van der Waals surface area (Å²) >= 11 is 3.42. The lowest BCUT2D eigenvalue weighted by Crippen LogP contribution is -2.52. The molecule has 1 atom stereocenters. The van der Waals surface area contributed by atoms with E-state index in [0.717, 1.165) is 20.6 Å². The van der Waals surface area contributed by atoms with Crippen LogP contribution < -0.4 is 19.1 Å². The summed E-state index contributed by atoms with van der Waals surface area (Å²) < 4.78 is 37.8. The van der Waals surface area contributed by atoms with E-state index in [4.69, 9.17) is 9.47 Å². The zero-order valence-electron chi connectivity index (χ0n) is 20.7. The molecule has 192 valence electrons. The number of methoxy groups -OCH3 is 2. The molecular formula is C24H32BrN3O6S. The molecule has 0 aliphatic rings. The second-order valence-corrected chi connectivity index (χ2v) is 11.1. The van der Waals surface area contributed by atoms with Crippen LogP contribution in [0.25, 0.3) is 0 Å². The van der Waals surface area contributed by atoms with Crippen molar-refractivity contribution in [3.8, 4) is 11.5 Å². The number of halogens is 1. The molecule has 0 fully saturated rings. The van der Waals surface area contributed by atoms with Crippen molar-refractivity contribution in [2.24, 2.45) is 0 Å². The van der Waals surface area contributed by atoms with Gasteiger partial charge in [0.1, 0.15) is 24.1 Å². The summed E-state index contributed by atoms with van der Waals surface area (Å²) in [5.74, 6) is -0.177. The Morgan fingerprint density at radius 3 is 2.29 bits per heavy atom. The van der Waals surface area contributed by atoms with Gasteiger partial charge >= 0.3 is 0 Å². The average Bonchev–Trinajstić information content (AvgIpc) is 2.78. The number of rotatable bonds is 11. The number of nitrogens with zero attached hydrogens (tertiary/aromatic N) is 2. The van der Waals surface area contributed by atoms with Crippen LogP contribution in [0.1, 0.15) is 26.3 Å². The van der Waals surface area contributed by atoms with Gasteiger partial charge in [0.25, 0.3) is 0 Å². The van der Waals surface area contributed by atoms with E-state index in [1.165, 1.54) is 31.3 Å². The second-order valence-electron chi connectivity index (χ2n) is 8.30. The molecule has 1 N–H and O–H groups in total. The molecule has 0 spiro atoms. The van der Waals surface area contributed by atoms with Crippen LogP contribution in [0.15, 0.2) is 46.9 Å². The van der Waals surface area contributed by atoms with Crippen molar-refractivity contribution in [1.29, 1.82) is 0 Å². The van der Waals surface area contributed by atoms with Crippen LogP contribution in [0, 0.1) is 0 Å². The topological polar surface area (TPSA) is 105 Å². The van der Waals surface area contributed by atoms with Crippen LogP contribution in [0.5, 0.6) is 11.5 Å². The van der Waals surface area contributed by atoms with E-state index in [2.05, 4.69) is 21.2 Å². The number of anilines is 1. The molecule has 2 aromatic carbocycles. The monoisotopic (exact) mass is 569 g/mol. The lowest BCUT2D eigenvalue weighted by atomic mass is 10.1. The summed E-state index contributed by atoms with van der Waals surface area (Å²) in [6.07, 6.45) is 1.01. The second kappa shape index (κ2) is 12.3. The Hall–Kier alpha value is -2.79. The molecule has 0 unspecified atom stereocenters. The minimum absolute atomic E-state index is 0.113. The van der Waals surface area contributed by atoms with Gasteiger partial charge in [0.2, 0.25) is 21.8 Å². The summed E-state index contributed by atoms with van der Waals surface area (Å²) in [4.78, 5) is 27.7. The zero-order valence-corrected chi connectivity index (χ0v) is 23.1. The molecule has 2 rings (SSSR count). The van der Waals surface area contributed by atoms with Crippen molar-refractivity contribution in [3.63, 3.8) is 0 Å². The number of benzene rings is 2. The fraction of sp³-hybridized carbons (Fsp3) is 0.417. The largest absolute Gasteiger partial charge is 0.497 e. The Morgan fingerprint density at radius 1 is 1.06 bits per heavy atom. The van der Waals surface area contributed by atoms with E-state index >= 15 is 0 Å². The summed E-state index contributed by atoms with van der Waals surface area (Å²) in [5, 5.41) is 2.81. The van der Waals surface area contributed by atoms with Gasteiger partial charge in [-0.2, -0.15) is 0 Å². The van der Waals surface area contributed by atoms with E-state index in [1.54, 1.807) is 13.0 Å². The van der Waals surface area contributed by atoms with Gasteiger partial charge in [-0.25, -0.2) is 8.42 Å². The predicted octanol–water partition coefficient (Wildman–Crippen LogP) is 3.17. The van der Waals surface area contributed by atoms with Crippen LogP contribution in [0.4, 0.5) is 5.69 Å². The van der Waals surface area contributed by atoms with Crippen molar-refractivity contribution < 1.29 is 27.5 Å². The van der Waals surface area contributed by atoms with Gasteiger partial charge in [-0.1, -0.05) is 28.1 Å². The number of sulfonamides is 1. The van der Waals surface area contributed by atoms with E-state index in [9.17, 15) is 18.0 Å². The minimum atomic E-state index is -3.89. The fourth-order valence-corrected chi connectivity index (χ4v) is 4.71. The Morgan fingerprint density at radius 2 is 1.74 bits per heavy atom. The van der Waals surface area contributed by atoms with Gasteiger partial charge in [-0.15, -0.1) is 0 Å². The highest BCUT2D eigenvalue weighted by molar-refractivity contribution is 9.10. The SMILES string of the molecule is COc1ccc(N(CC(=O)N(Cc2cccc(Br)c2)[C@H](C)C(=O)NC(C)C)S(C)(=O)=O)c(OC)c1. The van der Waals surface area contributed by atoms with Gasteiger partial charge in [0.05, 0.1) is 26.2 Å². The maximum atomic E-state index is 13.6. The Bertz CT molecular complexity index is 1160. The minimum Gasteiger partial charge on any atom is -0.497 e. The molecule has 2 aromatic rings. The first-order chi connectivity index (χ1) is 16.4. The number of carbonyl (C=O) groups excluding carboxylic acids is 2. The number of carbonyl (C=O) groups is 2. The highest BCUT2D eigenvalue weighted by atomic mass is 79.9. The molecule has 0 saturated heterocycles. The molecule has 35 heavy (non-hydrogen) atoms. The van der Waals surface area contributed by atoms with E-state index in [-0.39, 0.29) is 29.9 Å². The molecule has 0 aliphatic heterocycles. The fourth-order valence-electron chi connectivity index (χ4n) is 3.41. The molecule has 2 amide bonds. The molecule has 0 heterocycles. The summed E-state index contributed by atoms with van der Waals surface area (Å²) in [6.45, 7) is 4.86. The zero-order chi connectivity index (χ0) is 26.3. The Kier molecular flexibility index (Phi) is 9.96. The number of nitrogens with one attached hydrogen (secondary N) is 1. The lowest BCUT2D eigenvalue weighted by molar-refractivity contribution is -0.139. The summed E-state index contributed by atoms with van der Waals surface area (Å²) in [5.41, 5.74) is 0.968. The van der Waals surface area contributed by atoms with Crippen molar-refractivity contribution >= 4 is 43.5 Å². The first-order valence-electron chi connectivity index (χ1n) is 10.9. The molecule has 0 saturated carbocycles. The molecule has 0 aromatic heterocycles. The normalized spacial score (nSPS) is 12.1.